The van der Waals surface area contributed by atoms with E-state index in [-0.39, 0.29) is 109 Å². The molecule has 0 radical (unpaired) electrons. The average molecular weight is 753 g/mol. The van der Waals surface area contributed by atoms with Gasteiger partial charge in [0, 0.05) is 22.5 Å². The lowest BCUT2D eigenvalue weighted by atomic mass is 9.83. The van der Waals surface area contributed by atoms with Crippen LogP contribution in [0.2, 0.25) is 0 Å². The van der Waals surface area contributed by atoms with Gasteiger partial charge < -0.3 is 11.5 Å². The number of anilines is 2. The van der Waals surface area contributed by atoms with Gasteiger partial charge in [0.15, 0.2) is 0 Å². The van der Waals surface area contributed by atoms with Crippen LogP contribution in [0, 0.1) is 0 Å². The zero-order valence-corrected chi connectivity index (χ0v) is 27.2. The summed E-state index contributed by atoms with van der Waals surface area (Å²) in [5, 5.41) is 0. The highest BCUT2D eigenvalue weighted by Crippen LogP contribution is 2.66. The highest BCUT2D eigenvalue weighted by Gasteiger charge is 2.95. The van der Waals surface area contributed by atoms with Gasteiger partial charge >= 0.3 is 47.4 Å². The molecule has 2 nitrogen and oxygen atoms in total. The minimum atomic E-state index is -8.52. The summed E-state index contributed by atoms with van der Waals surface area (Å²) < 4.78 is 239. The Morgan fingerprint density at radius 2 is 0.540 bits per heavy atom. The van der Waals surface area contributed by atoms with E-state index in [9.17, 15) is 52.7 Å². The van der Waals surface area contributed by atoms with Gasteiger partial charge in [-0.25, -0.2) is 0 Å². The normalized spacial score (nSPS) is 14.4. The molecule has 0 unspecified atom stereocenters. The molecule has 0 saturated heterocycles. The van der Waals surface area contributed by atoms with Gasteiger partial charge in [0.05, 0.1) is 0 Å². The Bertz CT molecular complexity index is 1340. The van der Waals surface area contributed by atoms with E-state index in [0.29, 0.717) is 0 Å². The summed E-state index contributed by atoms with van der Waals surface area (Å²) in [6, 6.07) is 0.364. The summed E-state index contributed by atoms with van der Waals surface area (Å²) in [7, 11) is 0. The Hall–Kier alpha value is -3.08. The van der Waals surface area contributed by atoms with Gasteiger partial charge in [-0.2, -0.15) is 70.2 Å². The Balaban J connectivity index is 2.78. The highest BCUT2D eigenvalue weighted by molar-refractivity contribution is 5.58. The first-order valence-corrected chi connectivity index (χ1v) is 15.4. The van der Waals surface area contributed by atoms with Crippen LogP contribution in [0.1, 0.15) is 86.8 Å². The van der Waals surface area contributed by atoms with Crippen molar-refractivity contribution in [2.75, 3.05) is 11.5 Å². The number of hydrogen-bond donors (Lipinski definition) is 2. The molecule has 0 saturated carbocycles. The van der Waals surface area contributed by atoms with Crippen molar-refractivity contribution in [1.29, 1.82) is 0 Å². The van der Waals surface area contributed by atoms with Gasteiger partial charge in [-0.1, -0.05) is 53.4 Å². The Labute approximate surface area is 277 Å². The first-order chi connectivity index (χ1) is 22.5. The minimum Gasteiger partial charge on any atom is -0.398 e. The third-order valence-corrected chi connectivity index (χ3v) is 8.27. The van der Waals surface area contributed by atoms with Crippen molar-refractivity contribution in [2.24, 2.45) is 0 Å². The molecule has 4 N–H and O–H groups in total. The minimum absolute atomic E-state index is 0.0891. The summed E-state index contributed by atoms with van der Waals surface area (Å²) in [6.07, 6.45) is -0.675. The van der Waals surface area contributed by atoms with Crippen LogP contribution in [0.15, 0.2) is 24.3 Å². The van der Waals surface area contributed by atoms with Crippen molar-refractivity contribution in [3.63, 3.8) is 0 Å². The topological polar surface area (TPSA) is 52.0 Å². The van der Waals surface area contributed by atoms with Crippen LogP contribution in [-0.4, -0.2) is 35.5 Å². The molecule has 0 atom stereocenters. The molecule has 0 spiro atoms. The average Bonchev–Trinajstić information content (AvgIpc) is 3.00. The molecule has 0 amide bonds. The van der Waals surface area contributed by atoms with Gasteiger partial charge in [-0.15, -0.1) is 0 Å². The lowest BCUT2D eigenvalue weighted by Crippen LogP contribution is -2.74. The predicted molar refractivity (Wildman–Crippen MR) is 155 cm³/mol. The fourth-order valence-corrected chi connectivity index (χ4v) is 5.37. The van der Waals surface area contributed by atoms with E-state index < -0.39 is 58.5 Å². The zero-order chi connectivity index (χ0) is 39.1. The third kappa shape index (κ3) is 6.45. The number of hydrogen-bond acceptors (Lipinski definition) is 2. The first kappa shape index (κ1) is 43.1. The SMILES string of the molecule is CCCc1cc(C(F)(F)C(F)(F)C(F)(F)C(F)(F)C(F)(F)C(F)(F)C(F)(F)C(F)(F)c2cc(CCC)c(N)c(CCC)c2)cc(CCC)c1N. The molecule has 2 aromatic carbocycles. The molecule has 18 heteroatoms. The highest BCUT2D eigenvalue weighted by atomic mass is 19.4. The molecule has 50 heavy (non-hydrogen) atoms. The molecular formula is C32H36F16N2. The van der Waals surface area contributed by atoms with Crippen LogP contribution in [0.3, 0.4) is 0 Å². The van der Waals surface area contributed by atoms with Crippen LogP contribution < -0.4 is 11.5 Å². The number of nitrogens with two attached hydrogens (primary N) is 2. The van der Waals surface area contributed by atoms with Crippen molar-refractivity contribution in [1.82, 2.24) is 0 Å². The maximum atomic E-state index is 15.2. The molecule has 286 valence electrons. The molecular weight excluding hydrogens is 716 g/mol. The maximum absolute atomic E-state index is 15.2. The smallest absolute Gasteiger partial charge is 0.385 e. The van der Waals surface area contributed by atoms with Crippen molar-refractivity contribution < 1.29 is 70.2 Å². The molecule has 0 aliphatic rings. The molecule has 0 heterocycles. The van der Waals surface area contributed by atoms with E-state index in [1.165, 1.54) is 27.7 Å². The van der Waals surface area contributed by atoms with E-state index in [1.54, 1.807) is 0 Å². The summed E-state index contributed by atoms with van der Waals surface area (Å²) in [4.78, 5) is 0. The second kappa shape index (κ2) is 14.2. The number of rotatable bonds is 17. The Morgan fingerprint density at radius 3 is 0.720 bits per heavy atom. The number of benzene rings is 2. The summed E-state index contributed by atoms with van der Waals surface area (Å²) in [5.41, 5.74) is 5.22. The molecule has 0 aromatic heterocycles. The number of nitrogen functional groups attached to an aromatic ring is 2. The second-order valence-corrected chi connectivity index (χ2v) is 12.0. The molecule has 0 fully saturated rings. The zero-order valence-electron chi connectivity index (χ0n) is 27.2. The second-order valence-electron chi connectivity index (χ2n) is 12.0. The van der Waals surface area contributed by atoms with Gasteiger partial charge in [0.25, 0.3) is 0 Å². The number of alkyl halides is 16. The third-order valence-electron chi connectivity index (χ3n) is 8.27. The standard InChI is InChI=1S/C32H36F16N2/c1-5-9-17-13-21(14-18(10-6-2)23(17)49)25(33,34)27(37,38)29(41,42)31(45,46)32(47,48)30(43,44)28(39,40)26(35,36)22-15-19(11-7-3)24(50)20(16-22)12-8-4/h13-16H,5-12,49-50H2,1-4H3. The molecule has 0 bridgehead atoms. The van der Waals surface area contributed by atoms with Crippen molar-refractivity contribution >= 4 is 11.4 Å². The summed E-state index contributed by atoms with van der Waals surface area (Å²) >= 11 is 0. The van der Waals surface area contributed by atoms with E-state index in [0.717, 1.165) is 0 Å². The van der Waals surface area contributed by atoms with Crippen molar-refractivity contribution in [3.05, 3.63) is 57.6 Å². The van der Waals surface area contributed by atoms with Gasteiger partial charge in [0.1, 0.15) is 0 Å². The largest absolute Gasteiger partial charge is 0.398 e. The molecule has 2 rings (SSSR count). The van der Waals surface area contributed by atoms with Crippen LogP contribution in [0.5, 0.6) is 0 Å². The van der Waals surface area contributed by atoms with Crippen molar-refractivity contribution in [3.8, 4) is 0 Å². The van der Waals surface area contributed by atoms with E-state index in [1.807, 2.05) is 0 Å². The lowest BCUT2D eigenvalue weighted by molar-refractivity contribution is -0.456. The fourth-order valence-electron chi connectivity index (χ4n) is 5.37. The predicted octanol–water partition coefficient (Wildman–Crippen LogP) is 11.4. The molecule has 0 aliphatic heterocycles. The van der Waals surface area contributed by atoms with Crippen molar-refractivity contribution in [2.45, 2.75) is 126 Å². The quantitative estimate of drug-likeness (QED) is 0.125. The van der Waals surface area contributed by atoms with Gasteiger partial charge in [0.2, 0.25) is 0 Å². The number of halogens is 16. The number of aryl methyl sites for hydroxylation is 4. The van der Waals surface area contributed by atoms with Crippen LogP contribution in [-0.2, 0) is 37.5 Å². The lowest BCUT2D eigenvalue weighted by Gasteiger charge is -2.44. The van der Waals surface area contributed by atoms with E-state index in [4.69, 9.17) is 11.5 Å². The van der Waals surface area contributed by atoms with E-state index >= 15 is 17.6 Å². The molecule has 0 aliphatic carbocycles. The maximum Gasteiger partial charge on any atom is 0.385 e. The Morgan fingerprint density at radius 1 is 0.360 bits per heavy atom. The monoisotopic (exact) mass is 752 g/mol. The fraction of sp³-hybridized carbons (Fsp3) is 0.625. The first-order valence-electron chi connectivity index (χ1n) is 15.4. The summed E-state index contributed by atoms with van der Waals surface area (Å²) in [5.74, 6) is -62.2. The van der Waals surface area contributed by atoms with Crippen LogP contribution in [0.4, 0.5) is 81.6 Å². The van der Waals surface area contributed by atoms with Crippen LogP contribution in [0.25, 0.3) is 0 Å². The van der Waals surface area contributed by atoms with Crippen LogP contribution >= 0.6 is 0 Å². The van der Waals surface area contributed by atoms with Gasteiger partial charge in [-0.3, -0.25) is 0 Å². The molecule has 2 aromatic rings. The Kier molecular flexibility index (Phi) is 12.2. The van der Waals surface area contributed by atoms with Gasteiger partial charge in [-0.05, 0) is 72.2 Å². The van der Waals surface area contributed by atoms with E-state index in [2.05, 4.69) is 0 Å². The summed E-state index contributed by atoms with van der Waals surface area (Å²) in [6.45, 7) is 5.76.